The van der Waals surface area contributed by atoms with Crippen molar-refractivity contribution in [3.63, 3.8) is 0 Å². The van der Waals surface area contributed by atoms with Crippen molar-refractivity contribution in [1.29, 1.82) is 0 Å². The SMILES string of the molecule is Clc1cccc(-c2sc(-c3cccs3)cc2Cc2cccs2)c1. The predicted molar refractivity (Wildman–Crippen MR) is 105 cm³/mol. The number of benzene rings is 1. The lowest BCUT2D eigenvalue weighted by Gasteiger charge is -2.03. The lowest BCUT2D eigenvalue weighted by Crippen LogP contribution is -1.85. The maximum absolute atomic E-state index is 6.20. The average Bonchev–Trinajstić information content (AvgIpc) is 3.29. The summed E-state index contributed by atoms with van der Waals surface area (Å²) >= 11 is 11.7. The molecule has 0 atom stereocenters. The van der Waals surface area contributed by atoms with Gasteiger partial charge in [0.1, 0.15) is 0 Å². The van der Waals surface area contributed by atoms with Gasteiger partial charge in [0.05, 0.1) is 0 Å². The Morgan fingerprint density at radius 1 is 0.826 bits per heavy atom. The zero-order chi connectivity index (χ0) is 15.6. The van der Waals surface area contributed by atoms with E-state index in [1.807, 2.05) is 34.8 Å². The van der Waals surface area contributed by atoms with E-state index in [1.54, 1.807) is 11.3 Å². The van der Waals surface area contributed by atoms with Gasteiger partial charge in [-0.3, -0.25) is 0 Å². The summed E-state index contributed by atoms with van der Waals surface area (Å²) < 4.78 is 0. The fraction of sp³-hybridized carbons (Fsp3) is 0.0526. The minimum Gasteiger partial charge on any atom is -0.149 e. The minimum atomic E-state index is 0.788. The highest BCUT2D eigenvalue weighted by atomic mass is 35.5. The fourth-order valence-corrected chi connectivity index (χ4v) is 5.50. The summed E-state index contributed by atoms with van der Waals surface area (Å²) in [4.78, 5) is 5.38. The Balaban J connectivity index is 1.81. The third kappa shape index (κ3) is 3.29. The van der Waals surface area contributed by atoms with Crippen LogP contribution in [0.4, 0.5) is 0 Å². The van der Waals surface area contributed by atoms with Crippen molar-refractivity contribution in [2.24, 2.45) is 0 Å². The summed E-state index contributed by atoms with van der Waals surface area (Å²) in [6, 6.07) is 19.1. The van der Waals surface area contributed by atoms with Gasteiger partial charge in [-0.05, 0) is 52.2 Å². The van der Waals surface area contributed by atoms with Gasteiger partial charge in [0.15, 0.2) is 0 Å². The van der Waals surface area contributed by atoms with E-state index in [9.17, 15) is 0 Å². The zero-order valence-electron chi connectivity index (χ0n) is 12.2. The molecule has 23 heavy (non-hydrogen) atoms. The smallest absolute Gasteiger partial charge is 0.0452 e. The second-order valence-corrected chi connectivity index (χ2v) is 8.68. The molecule has 0 aliphatic rings. The number of rotatable bonds is 4. The van der Waals surface area contributed by atoms with E-state index in [0.717, 1.165) is 11.4 Å². The zero-order valence-corrected chi connectivity index (χ0v) is 15.4. The quantitative estimate of drug-likeness (QED) is 0.349. The Bertz CT molecular complexity index is 902. The summed E-state index contributed by atoms with van der Waals surface area (Å²) in [7, 11) is 0. The Kier molecular flexibility index (Phi) is 4.36. The minimum absolute atomic E-state index is 0.788. The van der Waals surface area contributed by atoms with Gasteiger partial charge in [0.2, 0.25) is 0 Å². The molecule has 0 fully saturated rings. The first-order valence-electron chi connectivity index (χ1n) is 7.24. The van der Waals surface area contributed by atoms with Crippen LogP contribution in [0, 0.1) is 0 Å². The molecule has 0 aliphatic carbocycles. The van der Waals surface area contributed by atoms with Crippen molar-refractivity contribution in [1.82, 2.24) is 0 Å². The summed E-state index contributed by atoms with van der Waals surface area (Å²) in [5, 5.41) is 5.06. The van der Waals surface area contributed by atoms with Crippen LogP contribution < -0.4 is 0 Å². The largest absolute Gasteiger partial charge is 0.149 e. The van der Waals surface area contributed by atoms with Crippen LogP contribution in [0.1, 0.15) is 10.4 Å². The third-order valence-corrected chi connectivity index (χ3v) is 7.01. The van der Waals surface area contributed by atoms with Crippen molar-refractivity contribution in [3.8, 4) is 20.2 Å². The molecule has 4 rings (SSSR count). The van der Waals surface area contributed by atoms with Crippen LogP contribution in [0.25, 0.3) is 20.2 Å². The first-order valence-corrected chi connectivity index (χ1v) is 10.2. The number of halogens is 1. The van der Waals surface area contributed by atoms with Gasteiger partial charge < -0.3 is 0 Å². The Morgan fingerprint density at radius 3 is 2.43 bits per heavy atom. The maximum atomic E-state index is 6.20. The van der Waals surface area contributed by atoms with Crippen LogP contribution in [0.3, 0.4) is 0 Å². The van der Waals surface area contributed by atoms with Crippen molar-refractivity contribution >= 4 is 45.6 Å². The van der Waals surface area contributed by atoms with Crippen LogP contribution in [0.5, 0.6) is 0 Å². The van der Waals surface area contributed by atoms with Gasteiger partial charge >= 0.3 is 0 Å². The lowest BCUT2D eigenvalue weighted by molar-refractivity contribution is 1.27. The van der Waals surface area contributed by atoms with E-state index in [0.29, 0.717) is 0 Å². The molecule has 0 spiro atoms. The molecule has 0 amide bonds. The highest BCUT2D eigenvalue weighted by molar-refractivity contribution is 7.23. The molecular weight excluding hydrogens is 360 g/mol. The van der Waals surface area contributed by atoms with Crippen LogP contribution in [-0.4, -0.2) is 0 Å². The van der Waals surface area contributed by atoms with E-state index in [4.69, 9.17) is 11.6 Å². The first-order chi connectivity index (χ1) is 11.3. The van der Waals surface area contributed by atoms with Gasteiger partial charge in [0.25, 0.3) is 0 Å². The highest BCUT2D eigenvalue weighted by Crippen LogP contribution is 2.41. The van der Waals surface area contributed by atoms with E-state index in [1.165, 1.54) is 30.6 Å². The second kappa shape index (κ2) is 6.62. The van der Waals surface area contributed by atoms with Crippen molar-refractivity contribution in [2.75, 3.05) is 0 Å². The summed E-state index contributed by atoms with van der Waals surface area (Å²) in [6.45, 7) is 0. The van der Waals surface area contributed by atoms with Crippen LogP contribution >= 0.6 is 45.6 Å². The van der Waals surface area contributed by atoms with E-state index >= 15 is 0 Å². The molecule has 0 saturated carbocycles. The fourth-order valence-electron chi connectivity index (χ4n) is 2.58. The van der Waals surface area contributed by atoms with Gasteiger partial charge in [0, 0.05) is 31.0 Å². The molecule has 0 saturated heterocycles. The average molecular weight is 373 g/mol. The van der Waals surface area contributed by atoms with E-state index < -0.39 is 0 Å². The Hall–Kier alpha value is -1.39. The second-order valence-electron chi connectivity index (χ2n) is 5.21. The molecule has 4 aromatic rings. The lowest BCUT2D eigenvalue weighted by atomic mass is 10.1. The summed E-state index contributed by atoms with van der Waals surface area (Å²) in [5.41, 5.74) is 2.58. The molecule has 0 aliphatic heterocycles. The van der Waals surface area contributed by atoms with Gasteiger partial charge in [-0.15, -0.1) is 34.0 Å². The molecule has 0 N–H and O–H groups in total. The molecule has 0 unspecified atom stereocenters. The molecule has 0 radical (unpaired) electrons. The number of hydrogen-bond acceptors (Lipinski definition) is 3. The Morgan fingerprint density at radius 2 is 1.70 bits per heavy atom. The van der Waals surface area contributed by atoms with Gasteiger partial charge in [-0.2, -0.15) is 0 Å². The van der Waals surface area contributed by atoms with Gasteiger partial charge in [-0.25, -0.2) is 0 Å². The molecule has 1 aromatic carbocycles. The molecule has 3 heterocycles. The number of thiophene rings is 3. The molecule has 0 bridgehead atoms. The maximum Gasteiger partial charge on any atom is 0.0452 e. The standard InChI is InChI=1S/C19H13ClS3/c20-15-5-1-4-13(10-15)19-14(11-16-6-2-8-21-16)12-18(23-19)17-7-3-9-22-17/h1-10,12H,11H2. The summed E-state index contributed by atoms with van der Waals surface area (Å²) in [6.07, 6.45) is 0.974. The molecule has 3 aromatic heterocycles. The van der Waals surface area contributed by atoms with Gasteiger partial charge in [-0.1, -0.05) is 35.9 Å². The van der Waals surface area contributed by atoms with Crippen LogP contribution in [-0.2, 0) is 6.42 Å². The molecule has 4 heteroatoms. The Labute approximate surface area is 152 Å². The summed E-state index contributed by atoms with van der Waals surface area (Å²) in [5.74, 6) is 0. The molecule has 114 valence electrons. The van der Waals surface area contributed by atoms with Crippen LogP contribution in [0.15, 0.2) is 65.4 Å². The normalized spacial score (nSPS) is 11.0. The molecular formula is C19H13ClS3. The topological polar surface area (TPSA) is 0 Å². The first kappa shape index (κ1) is 15.2. The van der Waals surface area contributed by atoms with E-state index in [2.05, 4.69) is 53.2 Å². The predicted octanol–water partition coefficient (Wildman–Crippen LogP) is 7.45. The van der Waals surface area contributed by atoms with Crippen molar-refractivity contribution in [2.45, 2.75) is 6.42 Å². The van der Waals surface area contributed by atoms with E-state index in [-0.39, 0.29) is 0 Å². The van der Waals surface area contributed by atoms with Crippen molar-refractivity contribution < 1.29 is 0 Å². The highest BCUT2D eigenvalue weighted by Gasteiger charge is 2.14. The van der Waals surface area contributed by atoms with Crippen molar-refractivity contribution in [3.05, 3.63) is 80.8 Å². The number of hydrogen-bond donors (Lipinski definition) is 0. The monoisotopic (exact) mass is 372 g/mol. The molecule has 0 nitrogen and oxygen atoms in total. The third-order valence-electron chi connectivity index (χ3n) is 3.60. The van der Waals surface area contributed by atoms with Crippen LogP contribution in [0.2, 0.25) is 5.02 Å².